The third-order valence-electron chi connectivity index (χ3n) is 2.71. The Hall–Kier alpha value is -1.39. The highest BCUT2D eigenvalue weighted by molar-refractivity contribution is 7.11. The van der Waals surface area contributed by atoms with Gasteiger partial charge in [-0.15, -0.1) is 11.3 Å². The Morgan fingerprint density at radius 3 is 2.61 bits per heavy atom. The van der Waals surface area contributed by atoms with Gasteiger partial charge in [0, 0.05) is 24.2 Å². The van der Waals surface area contributed by atoms with Crippen molar-refractivity contribution in [2.45, 2.75) is 26.4 Å². The molecule has 3 nitrogen and oxygen atoms in total. The average molecular weight is 262 g/mol. The number of rotatable bonds is 6. The van der Waals surface area contributed by atoms with Crippen LogP contribution in [0.3, 0.4) is 0 Å². The van der Waals surface area contributed by atoms with Crippen molar-refractivity contribution in [3.63, 3.8) is 0 Å². The number of nitrogens with zero attached hydrogens (tertiary/aromatic N) is 1. The normalized spacial score (nSPS) is 10.6. The van der Waals surface area contributed by atoms with E-state index in [1.165, 1.54) is 10.4 Å². The van der Waals surface area contributed by atoms with E-state index in [-0.39, 0.29) is 0 Å². The summed E-state index contributed by atoms with van der Waals surface area (Å²) in [4.78, 5) is 5.73. The molecule has 0 aliphatic rings. The Morgan fingerprint density at radius 2 is 2.00 bits per heavy atom. The number of hydrogen-bond donors (Lipinski definition) is 1. The van der Waals surface area contributed by atoms with E-state index in [9.17, 15) is 0 Å². The Kier molecular flexibility index (Phi) is 4.73. The van der Waals surface area contributed by atoms with Crippen LogP contribution in [0.1, 0.15) is 22.4 Å². The molecule has 0 aliphatic carbocycles. The summed E-state index contributed by atoms with van der Waals surface area (Å²) in [5, 5.41) is 4.55. The number of benzene rings is 1. The molecule has 0 aliphatic heterocycles. The first-order valence-electron chi connectivity index (χ1n) is 6.09. The van der Waals surface area contributed by atoms with Gasteiger partial charge < -0.3 is 10.1 Å². The average Bonchev–Trinajstić information content (AvgIpc) is 2.87. The monoisotopic (exact) mass is 262 g/mol. The molecule has 1 N–H and O–H groups in total. The lowest BCUT2D eigenvalue weighted by Gasteiger charge is -2.04. The molecule has 0 bridgehead atoms. The van der Waals surface area contributed by atoms with E-state index in [1.54, 1.807) is 18.4 Å². The third-order valence-corrected chi connectivity index (χ3v) is 3.86. The zero-order chi connectivity index (χ0) is 12.8. The second-order valence-corrected chi connectivity index (χ2v) is 5.23. The van der Waals surface area contributed by atoms with Crippen LogP contribution in [-0.4, -0.2) is 12.1 Å². The molecule has 1 aromatic heterocycles. The lowest BCUT2D eigenvalue weighted by Crippen LogP contribution is -2.12. The SMILES string of the molecule is CCc1cnc(CNCc2ccc(OC)cc2)s1. The van der Waals surface area contributed by atoms with Crippen LogP contribution in [0.5, 0.6) is 5.75 Å². The van der Waals surface area contributed by atoms with Crippen LogP contribution < -0.4 is 10.1 Å². The van der Waals surface area contributed by atoms with Crippen LogP contribution in [0.15, 0.2) is 30.5 Å². The third kappa shape index (κ3) is 3.55. The van der Waals surface area contributed by atoms with Crippen molar-refractivity contribution >= 4 is 11.3 Å². The second kappa shape index (κ2) is 6.52. The van der Waals surface area contributed by atoms with Crippen molar-refractivity contribution in [3.8, 4) is 5.75 Å². The van der Waals surface area contributed by atoms with Crippen LogP contribution in [0.25, 0.3) is 0 Å². The molecule has 0 unspecified atom stereocenters. The Labute approximate surface area is 112 Å². The first-order valence-corrected chi connectivity index (χ1v) is 6.90. The van der Waals surface area contributed by atoms with E-state index in [1.807, 2.05) is 18.3 Å². The molecule has 1 aromatic carbocycles. The fourth-order valence-corrected chi connectivity index (χ4v) is 2.48. The van der Waals surface area contributed by atoms with Gasteiger partial charge in [0.25, 0.3) is 0 Å². The summed E-state index contributed by atoms with van der Waals surface area (Å²) >= 11 is 1.78. The van der Waals surface area contributed by atoms with Crippen molar-refractivity contribution < 1.29 is 4.74 Å². The van der Waals surface area contributed by atoms with Crippen LogP contribution in [0, 0.1) is 0 Å². The van der Waals surface area contributed by atoms with E-state index in [0.717, 1.165) is 30.3 Å². The maximum atomic E-state index is 5.13. The highest BCUT2D eigenvalue weighted by Crippen LogP contribution is 2.14. The van der Waals surface area contributed by atoms with E-state index in [4.69, 9.17) is 4.74 Å². The van der Waals surface area contributed by atoms with Crippen LogP contribution >= 0.6 is 11.3 Å². The van der Waals surface area contributed by atoms with Crippen LogP contribution in [-0.2, 0) is 19.5 Å². The zero-order valence-electron chi connectivity index (χ0n) is 10.8. The van der Waals surface area contributed by atoms with Gasteiger partial charge in [0.05, 0.1) is 7.11 Å². The minimum atomic E-state index is 0.830. The molecule has 0 spiro atoms. The number of thiazole rings is 1. The van der Waals surface area contributed by atoms with Gasteiger partial charge in [-0.3, -0.25) is 0 Å². The summed E-state index contributed by atoms with van der Waals surface area (Å²) in [6.07, 6.45) is 3.03. The summed E-state index contributed by atoms with van der Waals surface area (Å²) in [6.45, 7) is 3.84. The maximum absolute atomic E-state index is 5.13. The first kappa shape index (κ1) is 13.1. The van der Waals surface area contributed by atoms with Crippen molar-refractivity contribution in [1.29, 1.82) is 0 Å². The molecule has 0 radical (unpaired) electrons. The number of aromatic nitrogens is 1. The van der Waals surface area contributed by atoms with Gasteiger partial charge in [-0.1, -0.05) is 19.1 Å². The smallest absolute Gasteiger partial charge is 0.118 e. The molecule has 0 saturated carbocycles. The fourth-order valence-electron chi connectivity index (χ4n) is 1.65. The molecule has 18 heavy (non-hydrogen) atoms. The standard InChI is InChI=1S/C14H18N2OS/c1-3-13-9-16-14(18-13)10-15-8-11-4-6-12(17-2)7-5-11/h4-7,9,15H,3,8,10H2,1-2H3. The predicted octanol–water partition coefficient (Wildman–Crippen LogP) is 3.00. The molecule has 1 heterocycles. The van der Waals surface area contributed by atoms with Gasteiger partial charge >= 0.3 is 0 Å². The molecular formula is C14H18N2OS. The van der Waals surface area contributed by atoms with E-state index >= 15 is 0 Å². The topological polar surface area (TPSA) is 34.2 Å². The van der Waals surface area contributed by atoms with Crippen molar-refractivity contribution in [3.05, 3.63) is 45.9 Å². The van der Waals surface area contributed by atoms with Crippen LogP contribution in [0.2, 0.25) is 0 Å². The van der Waals surface area contributed by atoms with Crippen molar-refractivity contribution in [2.75, 3.05) is 7.11 Å². The summed E-state index contributed by atoms with van der Waals surface area (Å²) < 4.78 is 5.13. The lowest BCUT2D eigenvalue weighted by atomic mass is 10.2. The Balaban J connectivity index is 1.80. The fraction of sp³-hybridized carbons (Fsp3) is 0.357. The Bertz CT molecular complexity index is 479. The molecule has 0 amide bonds. The van der Waals surface area contributed by atoms with Crippen molar-refractivity contribution in [2.24, 2.45) is 0 Å². The maximum Gasteiger partial charge on any atom is 0.118 e. The summed E-state index contributed by atoms with van der Waals surface area (Å²) in [5.74, 6) is 0.895. The van der Waals surface area contributed by atoms with E-state index in [0.29, 0.717) is 0 Å². The quantitative estimate of drug-likeness (QED) is 0.869. The van der Waals surface area contributed by atoms with Gasteiger partial charge in [-0.2, -0.15) is 0 Å². The molecule has 4 heteroatoms. The van der Waals surface area contributed by atoms with Gasteiger partial charge in [-0.05, 0) is 24.1 Å². The lowest BCUT2D eigenvalue weighted by molar-refractivity contribution is 0.414. The largest absolute Gasteiger partial charge is 0.497 e. The molecule has 96 valence electrons. The summed E-state index contributed by atoms with van der Waals surface area (Å²) in [6, 6.07) is 8.11. The molecular weight excluding hydrogens is 244 g/mol. The zero-order valence-corrected chi connectivity index (χ0v) is 11.6. The van der Waals surface area contributed by atoms with Gasteiger partial charge in [0.1, 0.15) is 10.8 Å². The number of aryl methyl sites for hydroxylation is 1. The molecule has 0 atom stereocenters. The number of methoxy groups -OCH3 is 1. The van der Waals surface area contributed by atoms with Crippen LogP contribution in [0.4, 0.5) is 0 Å². The van der Waals surface area contributed by atoms with Gasteiger partial charge in [0.15, 0.2) is 0 Å². The minimum absolute atomic E-state index is 0.830. The van der Waals surface area contributed by atoms with Crippen molar-refractivity contribution in [1.82, 2.24) is 10.3 Å². The number of ether oxygens (including phenoxy) is 1. The van der Waals surface area contributed by atoms with Gasteiger partial charge in [-0.25, -0.2) is 4.98 Å². The minimum Gasteiger partial charge on any atom is -0.497 e. The molecule has 0 fully saturated rings. The van der Waals surface area contributed by atoms with E-state index in [2.05, 4.69) is 29.4 Å². The highest BCUT2D eigenvalue weighted by atomic mass is 32.1. The summed E-state index contributed by atoms with van der Waals surface area (Å²) in [5.41, 5.74) is 1.25. The Morgan fingerprint density at radius 1 is 1.22 bits per heavy atom. The molecule has 2 rings (SSSR count). The molecule has 0 saturated heterocycles. The second-order valence-electron chi connectivity index (χ2n) is 4.03. The molecule has 2 aromatic rings. The number of nitrogens with one attached hydrogen (secondary N) is 1. The number of hydrogen-bond acceptors (Lipinski definition) is 4. The first-order chi connectivity index (χ1) is 8.81. The van der Waals surface area contributed by atoms with E-state index < -0.39 is 0 Å². The highest BCUT2D eigenvalue weighted by Gasteiger charge is 2.00. The summed E-state index contributed by atoms with van der Waals surface area (Å²) in [7, 11) is 1.68. The predicted molar refractivity (Wildman–Crippen MR) is 75.0 cm³/mol. The van der Waals surface area contributed by atoms with Gasteiger partial charge in [0.2, 0.25) is 0 Å².